The Morgan fingerprint density at radius 2 is 1.50 bits per heavy atom. The third-order valence-corrected chi connectivity index (χ3v) is 4.61. The molecule has 0 amide bonds. The van der Waals surface area contributed by atoms with Crippen LogP contribution in [-0.4, -0.2) is 41.3 Å². The van der Waals surface area contributed by atoms with Gasteiger partial charge in [-0.25, -0.2) is 0 Å². The van der Waals surface area contributed by atoms with Crippen molar-refractivity contribution in [1.82, 2.24) is 4.90 Å². The molecule has 0 unspecified atom stereocenters. The summed E-state index contributed by atoms with van der Waals surface area (Å²) in [6.45, 7) is 2.93. The number of piperazine rings is 1. The Kier molecular flexibility index (Phi) is 5.22. The number of phenolic OH excluding ortho intramolecular Hbond substituents is 1. The molecular weight excluding hydrogens is 363 g/mol. The molecule has 1 fully saturated rings. The van der Waals surface area contributed by atoms with Crippen molar-refractivity contribution in [3.8, 4) is 5.75 Å². The standard InChI is InChI=1S/C18H18F3N3OS/c19-18(20,21)13-1-3-14(4-2-13)22-17(26)24-11-9-23(10-12-24)15-5-7-16(25)8-6-15/h1-8,25H,9-12H2,(H,22,26). The van der Waals surface area contributed by atoms with Crippen LogP contribution in [0.5, 0.6) is 5.75 Å². The Labute approximate surface area is 154 Å². The molecule has 0 spiro atoms. The second-order valence-corrected chi connectivity index (χ2v) is 6.38. The van der Waals surface area contributed by atoms with E-state index in [9.17, 15) is 18.3 Å². The lowest BCUT2D eigenvalue weighted by molar-refractivity contribution is -0.137. The minimum absolute atomic E-state index is 0.231. The fourth-order valence-corrected chi connectivity index (χ4v) is 3.08. The maximum atomic E-state index is 12.6. The van der Waals surface area contributed by atoms with Crippen molar-refractivity contribution in [3.05, 3.63) is 54.1 Å². The van der Waals surface area contributed by atoms with Gasteiger partial charge >= 0.3 is 6.18 Å². The van der Waals surface area contributed by atoms with Gasteiger partial charge in [0.2, 0.25) is 0 Å². The summed E-state index contributed by atoms with van der Waals surface area (Å²) in [5.41, 5.74) is 0.879. The molecule has 2 aromatic rings. The first-order chi connectivity index (χ1) is 12.3. The van der Waals surface area contributed by atoms with E-state index in [-0.39, 0.29) is 5.75 Å². The number of aromatic hydroxyl groups is 1. The molecule has 2 aromatic carbocycles. The van der Waals surface area contributed by atoms with Crippen molar-refractivity contribution in [2.45, 2.75) is 6.18 Å². The summed E-state index contributed by atoms with van der Waals surface area (Å²) in [5.74, 6) is 0.231. The number of hydrogen-bond donors (Lipinski definition) is 2. The first kappa shape index (κ1) is 18.3. The molecule has 1 saturated heterocycles. The number of thiocarbonyl (C=S) groups is 1. The van der Waals surface area contributed by atoms with Crippen LogP contribution in [0.2, 0.25) is 0 Å². The molecule has 0 atom stereocenters. The molecule has 1 heterocycles. The van der Waals surface area contributed by atoms with E-state index in [1.165, 1.54) is 12.1 Å². The second kappa shape index (κ2) is 7.41. The number of phenols is 1. The number of nitrogens with zero attached hydrogens (tertiary/aromatic N) is 2. The maximum Gasteiger partial charge on any atom is 0.416 e. The van der Waals surface area contributed by atoms with E-state index in [1.54, 1.807) is 12.1 Å². The highest BCUT2D eigenvalue weighted by Gasteiger charge is 2.30. The van der Waals surface area contributed by atoms with Crippen LogP contribution in [0.4, 0.5) is 24.5 Å². The summed E-state index contributed by atoms with van der Waals surface area (Å²) in [5, 5.41) is 12.8. The topological polar surface area (TPSA) is 38.7 Å². The summed E-state index contributed by atoms with van der Waals surface area (Å²) >= 11 is 5.38. The zero-order valence-corrected chi connectivity index (χ0v) is 14.6. The highest BCUT2D eigenvalue weighted by atomic mass is 32.1. The molecule has 138 valence electrons. The zero-order valence-electron chi connectivity index (χ0n) is 13.8. The van der Waals surface area contributed by atoms with Crippen LogP contribution in [0.3, 0.4) is 0 Å². The van der Waals surface area contributed by atoms with Crippen molar-refractivity contribution >= 4 is 28.7 Å². The molecule has 2 N–H and O–H groups in total. The van der Waals surface area contributed by atoms with Crippen molar-refractivity contribution in [2.24, 2.45) is 0 Å². The lowest BCUT2D eigenvalue weighted by atomic mass is 10.2. The molecular formula is C18H18F3N3OS. The molecule has 0 radical (unpaired) electrons. The summed E-state index contributed by atoms with van der Waals surface area (Å²) in [6.07, 6.45) is -4.34. The van der Waals surface area contributed by atoms with Crippen LogP contribution in [-0.2, 0) is 6.18 Å². The van der Waals surface area contributed by atoms with Crippen molar-refractivity contribution < 1.29 is 18.3 Å². The summed E-state index contributed by atoms with van der Waals surface area (Å²) in [6, 6.07) is 11.9. The molecule has 1 aliphatic heterocycles. The van der Waals surface area contributed by atoms with E-state index in [0.29, 0.717) is 23.9 Å². The van der Waals surface area contributed by atoms with Crippen LogP contribution in [0.25, 0.3) is 0 Å². The van der Waals surface area contributed by atoms with Crippen LogP contribution in [0.15, 0.2) is 48.5 Å². The lowest BCUT2D eigenvalue weighted by Gasteiger charge is -2.37. The summed E-state index contributed by atoms with van der Waals surface area (Å²) < 4.78 is 37.8. The van der Waals surface area contributed by atoms with Gasteiger partial charge in [-0.15, -0.1) is 0 Å². The normalized spacial score (nSPS) is 15.0. The number of halogens is 3. The highest BCUT2D eigenvalue weighted by Crippen LogP contribution is 2.30. The number of benzene rings is 2. The zero-order chi connectivity index (χ0) is 18.7. The summed E-state index contributed by atoms with van der Waals surface area (Å²) in [4.78, 5) is 4.18. The second-order valence-electron chi connectivity index (χ2n) is 6.00. The minimum Gasteiger partial charge on any atom is -0.508 e. The van der Waals surface area contributed by atoms with Crippen molar-refractivity contribution in [2.75, 3.05) is 36.4 Å². The van der Waals surface area contributed by atoms with Gasteiger partial charge in [0, 0.05) is 37.6 Å². The van der Waals surface area contributed by atoms with Gasteiger partial charge in [-0.05, 0) is 60.7 Å². The Morgan fingerprint density at radius 3 is 2.04 bits per heavy atom. The molecule has 0 aliphatic carbocycles. The molecule has 3 rings (SSSR count). The van der Waals surface area contributed by atoms with Crippen molar-refractivity contribution in [3.63, 3.8) is 0 Å². The third-order valence-electron chi connectivity index (χ3n) is 4.25. The Balaban J connectivity index is 1.54. The molecule has 26 heavy (non-hydrogen) atoms. The Morgan fingerprint density at radius 1 is 0.923 bits per heavy atom. The monoisotopic (exact) mass is 381 g/mol. The fraction of sp³-hybridized carbons (Fsp3) is 0.278. The summed E-state index contributed by atoms with van der Waals surface area (Å²) in [7, 11) is 0. The average molecular weight is 381 g/mol. The van der Waals surface area contributed by atoms with Crippen molar-refractivity contribution in [1.29, 1.82) is 0 Å². The number of rotatable bonds is 2. The SMILES string of the molecule is Oc1ccc(N2CCN(C(=S)Nc3ccc(C(F)(F)F)cc3)CC2)cc1. The van der Waals surface area contributed by atoms with Gasteiger partial charge in [-0.3, -0.25) is 0 Å². The predicted molar refractivity (Wildman–Crippen MR) is 99.6 cm³/mol. The smallest absolute Gasteiger partial charge is 0.416 e. The van der Waals surface area contributed by atoms with Crippen LogP contribution >= 0.6 is 12.2 Å². The van der Waals surface area contributed by atoms with E-state index in [2.05, 4.69) is 10.2 Å². The number of nitrogens with one attached hydrogen (secondary N) is 1. The van der Waals surface area contributed by atoms with Crippen LogP contribution in [0.1, 0.15) is 5.56 Å². The minimum atomic E-state index is -4.34. The molecule has 0 bridgehead atoms. The van der Waals surface area contributed by atoms with E-state index < -0.39 is 11.7 Å². The van der Waals surface area contributed by atoms with E-state index in [0.717, 1.165) is 30.9 Å². The Bertz CT molecular complexity index is 755. The highest BCUT2D eigenvalue weighted by molar-refractivity contribution is 7.80. The Hall–Kier alpha value is -2.48. The molecule has 8 heteroatoms. The van der Waals surface area contributed by atoms with Gasteiger partial charge in [-0.2, -0.15) is 13.2 Å². The van der Waals surface area contributed by atoms with E-state index in [4.69, 9.17) is 12.2 Å². The van der Waals surface area contributed by atoms with Crippen LogP contribution in [0, 0.1) is 0 Å². The molecule has 1 aliphatic rings. The number of anilines is 2. The van der Waals surface area contributed by atoms with Gasteiger partial charge in [0.25, 0.3) is 0 Å². The van der Waals surface area contributed by atoms with Gasteiger partial charge in [0.1, 0.15) is 5.75 Å². The first-order valence-electron chi connectivity index (χ1n) is 8.10. The lowest BCUT2D eigenvalue weighted by Crippen LogP contribution is -2.50. The first-order valence-corrected chi connectivity index (χ1v) is 8.51. The molecule has 0 aromatic heterocycles. The number of alkyl halides is 3. The van der Waals surface area contributed by atoms with Gasteiger partial charge in [0.05, 0.1) is 5.56 Å². The van der Waals surface area contributed by atoms with Gasteiger partial charge in [-0.1, -0.05) is 0 Å². The van der Waals surface area contributed by atoms with Crippen LogP contribution < -0.4 is 10.2 Å². The third kappa shape index (κ3) is 4.37. The van der Waals surface area contributed by atoms with Gasteiger partial charge in [0.15, 0.2) is 5.11 Å². The molecule has 0 saturated carbocycles. The van der Waals surface area contributed by atoms with Gasteiger partial charge < -0.3 is 20.2 Å². The fourth-order valence-electron chi connectivity index (χ4n) is 2.78. The maximum absolute atomic E-state index is 12.6. The predicted octanol–water partition coefficient (Wildman–Crippen LogP) is 3.93. The quantitative estimate of drug-likeness (QED) is 0.772. The largest absolute Gasteiger partial charge is 0.508 e. The molecule has 4 nitrogen and oxygen atoms in total. The van der Waals surface area contributed by atoms with E-state index >= 15 is 0 Å². The average Bonchev–Trinajstić information content (AvgIpc) is 2.62. The van der Waals surface area contributed by atoms with E-state index in [1.807, 2.05) is 17.0 Å². The number of hydrogen-bond acceptors (Lipinski definition) is 3.